The van der Waals surface area contributed by atoms with Gasteiger partial charge in [-0.1, -0.05) is 50.1 Å². The fourth-order valence-corrected chi connectivity index (χ4v) is 7.72. The minimum absolute atomic E-state index is 0.0457. The molecule has 1 saturated heterocycles. The van der Waals surface area contributed by atoms with Gasteiger partial charge in [-0.15, -0.1) is 0 Å². The number of allylic oxidation sites excluding steroid dienone is 1. The number of nitrogens with zero attached hydrogens (tertiary/aromatic N) is 2. The summed E-state index contributed by atoms with van der Waals surface area (Å²) in [6.07, 6.45) is 9.07. The van der Waals surface area contributed by atoms with Crippen LogP contribution in [0.25, 0.3) is 0 Å². The fraction of sp³-hybridized carbons (Fsp3) is 0.579. The van der Waals surface area contributed by atoms with Crippen LogP contribution in [-0.4, -0.2) is 83.0 Å². The molecular formula is C38H52ClF2N3O5S. The molecular weight excluding hydrogens is 684 g/mol. The number of carbonyl (C=O) groups is 2. The van der Waals surface area contributed by atoms with Gasteiger partial charge in [-0.2, -0.15) is 0 Å². The first-order valence-corrected chi connectivity index (χ1v) is 19.2. The Labute approximate surface area is 303 Å². The highest BCUT2D eigenvalue weighted by Gasteiger charge is 2.46. The summed E-state index contributed by atoms with van der Waals surface area (Å²) in [5.41, 5.74) is 2.43. The fourth-order valence-electron chi connectivity index (χ4n) is 6.99. The highest BCUT2D eigenvalue weighted by molar-refractivity contribution is 7.84. The van der Waals surface area contributed by atoms with Crippen molar-refractivity contribution < 1.29 is 32.4 Å². The van der Waals surface area contributed by atoms with Crippen molar-refractivity contribution in [3.8, 4) is 5.75 Å². The zero-order valence-corrected chi connectivity index (χ0v) is 31.4. The van der Waals surface area contributed by atoms with Gasteiger partial charge in [0.2, 0.25) is 0 Å². The standard InChI is InChI=1S/C34H45ClN2O5S.C4H7F2N/c1-5-7-15-34(40,16-17-38)30-13-9-26(30)20-37-21-27(29-12-11-28(35)18-24(29)8-6-2)22-42-32-14-10-25(19-31(32)37)33(39)36-43(41)23(3)4;1-7-2-4(5,6)3-7/h7,10-12,14-15,17-19,23,26-27,30,40H,5-6,8-9,13,16,20-22H2,1-4H3,(H,36,39);2-3H2,1H3/b15-7+;/t26?,27?,30?,34-,43?;/m1./s1. The Morgan fingerprint density at radius 3 is 2.50 bits per heavy atom. The maximum atomic E-state index is 13.1. The predicted octanol–water partition coefficient (Wildman–Crippen LogP) is 6.96. The van der Waals surface area contributed by atoms with Gasteiger partial charge in [0.25, 0.3) is 11.8 Å². The topological polar surface area (TPSA) is 99.2 Å². The molecule has 2 aliphatic heterocycles. The summed E-state index contributed by atoms with van der Waals surface area (Å²) >= 11 is 6.39. The van der Waals surface area contributed by atoms with Gasteiger partial charge in [0.05, 0.1) is 31.0 Å². The van der Waals surface area contributed by atoms with Crippen LogP contribution in [0.15, 0.2) is 48.6 Å². The van der Waals surface area contributed by atoms with E-state index >= 15 is 0 Å². The molecule has 2 N–H and O–H groups in total. The SMILES string of the molecule is CC/C=C/[C@@](O)(CC=O)C1CCC1CN1CC(c2ccc(Cl)cc2CCC)COc2ccc(C(=O)NS(=O)C(C)C)cc21.CN1CC(F)(F)C1. The molecule has 5 rings (SSSR count). The van der Waals surface area contributed by atoms with Crippen LogP contribution in [0.4, 0.5) is 14.5 Å². The Kier molecular flexibility index (Phi) is 14.0. The van der Waals surface area contributed by atoms with Crippen molar-refractivity contribution in [2.75, 3.05) is 44.7 Å². The molecule has 2 aromatic carbocycles. The lowest BCUT2D eigenvalue weighted by Crippen LogP contribution is -2.53. The van der Waals surface area contributed by atoms with Crippen LogP contribution in [0, 0.1) is 11.8 Å². The highest BCUT2D eigenvalue weighted by atomic mass is 35.5. The molecule has 2 heterocycles. The zero-order chi connectivity index (χ0) is 36.6. The van der Waals surface area contributed by atoms with Crippen LogP contribution in [0.2, 0.25) is 5.02 Å². The number of rotatable bonds is 13. The monoisotopic (exact) mass is 735 g/mol. The molecule has 2 fully saturated rings. The number of nitrogens with one attached hydrogen (secondary N) is 1. The normalized spacial score (nSPS) is 23.2. The van der Waals surface area contributed by atoms with Crippen LogP contribution < -0.4 is 14.4 Å². The van der Waals surface area contributed by atoms with Crippen molar-refractivity contribution in [2.24, 2.45) is 11.8 Å². The summed E-state index contributed by atoms with van der Waals surface area (Å²) in [6, 6.07) is 11.4. The van der Waals surface area contributed by atoms with E-state index in [1.54, 1.807) is 31.9 Å². The van der Waals surface area contributed by atoms with Crippen LogP contribution >= 0.6 is 11.6 Å². The number of aldehydes is 1. The van der Waals surface area contributed by atoms with Gasteiger partial charge in [-0.25, -0.2) is 13.0 Å². The second-order valence-electron chi connectivity index (χ2n) is 14.1. The van der Waals surface area contributed by atoms with Crippen molar-refractivity contribution in [1.29, 1.82) is 0 Å². The van der Waals surface area contributed by atoms with E-state index in [1.165, 1.54) is 11.1 Å². The molecule has 8 nitrogen and oxygen atoms in total. The first kappa shape index (κ1) is 39.9. The van der Waals surface area contributed by atoms with Gasteiger partial charge in [-0.3, -0.25) is 14.4 Å². The van der Waals surface area contributed by atoms with E-state index in [1.807, 2.05) is 43.3 Å². The highest BCUT2D eigenvalue weighted by Crippen LogP contribution is 2.46. The van der Waals surface area contributed by atoms with Crippen LogP contribution in [0.5, 0.6) is 5.75 Å². The summed E-state index contributed by atoms with van der Waals surface area (Å²) < 4.78 is 44.9. The Morgan fingerprint density at radius 1 is 1.20 bits per heavy atom. The van der Waals surface area contributed by atoms with E-state index in [9.17, 15) is 27.7 Å². The summed E-state index contributed by atoms with van der Waals surface area (Å²) in [5.74, 6) is -1.97. The third kappa shape index (κ3) is 10.1. The molecule has 0 bridgehead atoms. The molecule has 0 radical (unpaired) electrons. The molecule has 12 heteroatoms. The van der Waals surface area contributed by atoms with Crippen molar-refractivity contribution in [3.05, 3.63) is 70.3 Å². The molecule has 5 atom stereocenters. The van der Waals surface area contributed by atoms with Crippen LogP contribution in [0.1, 0.15) is 87.2 Å². The van der Waals surface area contributed by atoms with E-state index in [0.29, 0.717) is 36.0 Å². The number of halogens is 3. The van der Waals surface area contributed by atoms with Crippen molar-refractivity contribution in [1.82, 2.24) is 9.62 Å². The summed E-state index contributed by atoms with van der Waals surface area (Å²) in [7, 11) is 0.185. The maximum absolute atomic E-state index is 13.1. The van der Waals surface area contributed by atoms with Gasteiger partial charge in [-0.05, 0) is 99.9 Å². The number of likely N-dealkylation sites (tertiary alicyclic amines) is 1. The first-order chi connectivity index (χ1) is 23.7. The molecule has 0 spiro atoms. The second kappa shape index (κ2) is 17.6. The molecule has 1 aliphatic carbocycles. The minimum Gasteiger partial charge on any atom is -0.491 e. The number of carbonyl (C=O) groups excluding carboxylic acids is 2. The van der Waals surface area contributed by atoms with Gasteiger partial charge in [0, 0.05) is 41.3 Å². The third-order valence-electron chi connectivity index (χ3n) is 9.70. The zero-order valence-electron chi connectivity index (χ0n) is 29.8. The molecule has 2 aromatic rings. The van der Waals surface area contributed by atoms with Crippen molar-refractivity contribution in [2.45, 2.75) is 88.9 Å². The van der Waals surface area contributed by atoms with Gasteiger partial charge < -0.3 is 19.5 Å². The molecule has 276 valence electrons. The van der Waals surface area contributed by atoms with E-state index in [2.05, 4.69) is 22.6 Å². The lowest BCUT2D eigenvalue weighted by atomic mass is 9.63. The molecule has 3 aliphatic rings. The summed E-state index contributed by atoms with van der Waals surface area (Å²) in [5, 5.41) is 12.1. The second-order valence-corrected chi connectivity index (χ2v) is 16.3. The largest absolute Gasteiger partial charge is 0.491 e. The number of benzene rings is 2. The smallest absolute Gasteiger partial charge is 0.272 e. The van der Waals surface area contributed by atoms with E-state index in [-0.39, 0.29) is 42.5 Å². The van der Waals surface area contributed by atoms with Crippen LogP contribution in [0.3, 0.4) is 0 Å². The Morgan fingerprint density at radius 2 is 1.94 bits per heavy atom. The molecule has 4 unspecified atom stereocenters. The minimum atomic E-state index is -2.38. The number of aliphatic hydroxyl groups is 1. The molecule has 0 aromatic heterocycles. The number of hydrogen-bond acceptors (Lipinski definition) is 7. The summed E-state index contributed by atoms with van der Waals surface area (Å²) in [4.78, 5) is 28.5. The number of aryl methyl sites for hydroxylation is 1. The quantitative estimate of drug-likeness (QED) is 0.170. The van der Waals surface area contributed by atoms with E-state index < -0.39 is 28.4 Å². The average molecular weight is 736 g/mol. The van der Waals surface area contributed by atoms with Gasteiger partial charge in [0.1, 0.15) is 23.0 Å². The van der Waals surface area contributed by atoms with Crippen LogP contribution in [-0.2, 0) is 22.2 Å². The molecule has 1 saturated carbocycles. The number of hydrogen-bond donors (Lipinski definition) is 2. The van der Waals surface area contributed by atoms with Gasteiger partial charge >= 0.3 is 0 Å². The Bertz CT molecular complexity index is 1530. The third-order valence-corrected chi connectivity index (χ3v) is 11.2. The average Bonchev–Trinajstić information content (AvgIpc) is 3.20. The van der Waals surface area contributed by atoms with Gasteiger partial charge in [0.15, 0.2) is 0 Å². The summed E-state index contributed by atoms with van der Waals surface area (Å²) in [6.45, 7) is 9.38. The Hall–Kier alpha value is -2.86. The predicted molar refractivity (Wildman–Crippen MR) is 197 cm³/mol. The molecule has 50 heavy (non-hydrogen) atoms. The lowest BCUT2D eigenvalue weighted by molar-refractivity contribution is -0.119. The van der Waals surface area contributed by atoms with Crippen molar-refractivity contribution >= 4 is 40.5 Å². The number of alkyl halides is 2. The maximum Gasteiger partial charge on any atom is 0.272 e. The van der Waals surface area contributed by atoms with Crippen molar-refractivity contribution in [3.63, 3.8) is 0 Å². The van der Waals surface area contributed by atoms with E-state index in [4.69, 9.17) is 16.3 Å². The lowest BCUT2D eigenvalue weighted by Gasteiger charge is -2.47. The first-order valence-electron chi connectivity index (χ1n) is 17.6. The van der Waals surface area contributed by atoms with E-state index in [0.717, 1.165) is 44.1 Å². The number of ether oxygens (including phenoxy) is 1. The molecule has 1 amide bonds. The number of amides is 1. The number of anilines is 1. The Balaban J connectivity index is 0.000000714. The number of fused-ring (bicyclic) bond motifs is 1.